The van der Waals surface area contributed by atoms with Crippen molar-refractivity contribution >= 4 is 5.91 Å². The van der Waals surface area contributed by atoms with E-state index in [4.69, 9.17) is 15.2 Å². The summed E-state index contributed by atoms with van der Waals surface area (Å²) in [5.41, 5.74) is 5.61. The van der Waals surface area contributed by atoms with E-state index < -0.39 is 0 Å². The van der Waals surface area contributed by atoms with Crippen LogP contribution in [0.3, 0.4) is 0 Å². The summed E-state index contributed by atoms with van der Waals surface area (Å²) in [6.07, 6.45) is 1.45. The van der Waals surface area contributed by atoms with Crippen LogP contribution in [0.1, 0.15) is 19.8 Å². The van der Waals surface area contributed by atoms with E-state index in [0.717, 1.165) is 6.42 Å². The minimum atomic E-state index is 0.136. The SMILES string of the molecule is CCC(CN)CC(=O)N(CCOC)CCOC. The summed E-state index contributed by atoms with van der Waals surface area (Å²) in [4.78, 5) is 13.8. The van der Waals surface area contributed by atoms with Crippen molar-refractivity contribution in [1.82, 2.24) is 4.90 Å². The van der Waals surface area contributed by atoms with E-state index >= 15 is 0 Å². The van der Waals surface area contributed by atoms with Crippen molar-refractivity contribution in [2.24, 2.45) is 11.7 Å². The molecule has 0 spiro atoms. The average molecular weight is 246 g/mol. The summed E-state index contributed by atoms with van der Waals surface area (Å²) < 4.78 is 10.0. The van der Waals surface area contributed by atoms with Crippen molar-refractivity contribution in [1.29, 1.82) is 0 Å². The Morgan fingerprint density at radius 2 is 1.76 bits per heavy atom. The second-order valence-electron chi connectivity index (χ2n) is 4.08. The smallest absolute Gasteiger partial charge is 0.223 e. The summed E-state index contributed by atoms with van der Waals surface area (Å²) in [5, 5.41) is 0. The second kappa shape index (κ2) is 10.5. The first kappa shape index (κ1) is 16.4. The molecule has 0 aliphatic heterocycles. The van der Waals surface area contributed by atoms with E-state index in [1.54, 1.807) is 19.1 Å². The van der Waals surface area contributed by atoms with Gasteiger partial charge >= 0.3 is 0 Å². The first-order chi connectivity index (χ1) is 8.19. The van der Waals surface area contributed by atoms with Gasteiger partial charge in [0, 0.05) is 33.7 Å². The largest absolute Gasteiger partial charge is 0.383 e. The third-order valence-electron chi connectivity index (χ3n) is 2.86. The van der Waals surface area contributed by atoms with Crippen LogP contribution in [0.25, 0.3) is 0 Å². The van der Waals surface area contributed by atoms with E-state index in [0.29, 0.717) is 39.3 Å². The van der Waals surface area contributed by atoms with Gasteiger partial charge in [0.15, 0.2) is 0 Å². The van der Waals surface area contributed by atoms with Crippen LogP contribution in [0.2, 0.25) is 0 Å². The van der Waals surface area contributed by atoms with Gasteiger partial charge in [-0.2, -0.15) is 0 Å². The molecule has 5 heteroatoms. The normalized spacial score (nSPS) is 12.5. The maximum atomic E-state index is 12.0. The van der Waals surface area contributed by atoms with E-state index in [1.807, 2.05) is 0 Å². The highest BCUT2D eigenvalue weighted by Gasteiger charge is 2.16. The summed E-state index contributed by atoms with van der Waals surface area (Å²) >= 11 is 0. The summed E-state index contributed by atoms with van der Waals surface area (Å²) in [5.74, 6) is 0.409. The van der Waals surface area contributed by atoms with E-state index in [9.17, 15) is 4.79 Å². The summed E-state index contributed by atoms with van der Waals surface area (Å²) in [7, 11) is 3.27. The Labute approximate surface area is 104 Å². The second-order valence-corrected chi connectivity index (χ2v) is 4.08. The molecular formula is C12H26N2O3. The molecule has 0 fully saturated rings. The number of nitrogens with two attached hydrogens (primary N) is 1. The molecule has 0 radical (unpaired) electrons. The zero-order chi connectivity index (χ0) is 13.1. The molecule has 17 heavy (non-hydrogen) atoms. The average Bonchev–Trinajstić information content (AvgIpc) is 2.35. The van der Waals surface area contributed by atoms with Crippen molar-refractivity contribution in [3.63, 3.8) is 0 Å². The molecule has 0 aromatic rings. The van der Waals surface area contributed by atoms with Gasteiger partial charge in [0.05, 0.1) is 13.2 Å². The molecule has 0 aliphatic carbocycles. The molecule has 0 rings (SSSR count). The van der Waals surface area contributed by atoms with Gasteiger partial charge < -0.3 is 20.1 Å². The van der Waals surface area contributed by atoms with E-state index in [2.05, 4.69) is 6.92 Å². The Hall–Kier alpha value is -0.650. The Morgan fingerprint density at radius 1 is 1.24 bits per heavy atom. The number of methoxy groups -OCH3 is 2. The first-order valence-corrected chi connectivity index (χ1v) is 6.15. The monoisotopic (exact) mass is 246 g/mol. The van der Waals surface area contributed by atoms with E-state index in [1.165, 1.54) is 0 Å². The number of hydrogen-bond donors (Lipinski definition) is 1. The van der Waals surface area contributed by atoms with Gasteiger partial charge in [0.1, 0.15) is 0 Å². The van der Waals surface area contributed by atoms with Crippen LogP contribution in [0.15, 0.2) is 0 Å². The Bertz CT molecular complexity index is 188. The molecule has 2 N–H and O–H groups in total. The zero-order valence-corrected chi connectivity index (χ0v) is 11.3. The van der Waals surface area contributed by atoms with Gasteiger partial charge in [-0.05, 0) is 12.5 Å². The summed E-state index contributed by atoms with van der Waals surface area (Å²) in [6, 6.07) is 0. The van der Waals surface area contributed by atoms with Crippen LogP contribution >= 0.6 is 0 Å². The van der Waals surface area contributed by atoms with Crippen LogP contribution < -0.4 is 5.73 Å². The number of nitrogens with zero attached hydrogens (tertiary/aromatic N) is 1. The Balaban J connectivity index is 4.19. The maximum absolute atomic E-state index is 12.0. The van der Waals surface area contributed by atoms with Gasteiger partial charge in [0.25, 0.3) is 0 Å². The number of hydrogen-bond acceptors (Lipinski definition) is 4. The van der Waals surface area contributed by atoms with Crippen LogP contribution in [0.4, 0.5) is 0 Å². The fourth-order valence-corrected chi connectivity index (χ4v) is 1.53. The van der Waals surface area contributed by atoms with Crippen LogP contribution in [-0.4, -0.2) is 57.9 Å². The van der Waals surface area contributed by atoms with Crippen LogP contribution in [-0.2, 0) is 14.3 Å². The molecule has 0 aromatic carbocycles. The van der Waals surface area contributed by atoms with Crippen molar-refractivity contribution in [3.8, 4) is 0 Å². The molecule has 0 aromatic heterocycles. The predicted octanol–water partition coefficient (Wildman–Crippen LogP) is 0.483. The van der Waals surface area contributed by atoms with Gasteiger partial charge in [-0.15, -0.1) is 0 Å². The quantitative estimate of drug-likeness (QED) is 0.609. The minimum Gasteiger partial charge on any atom is -0.383 e. The molecular weight excluding hydrogens is 220 g/mol. The van der Waals surface area contributed by atoms with Crippen molar-refractivity contribution in [3.05, 3.63) is 0 Å². The molecule has 0 saturated carbocycles. The van der Waals surface area contributed by atoms with Gasteiger partial charge in [-0.3, -0.25) is 4.79 Å². The standard InChI is InChI=1S/C12H26N2O3/c1-4-11(10-13)9-12(15)14(5-7-16-2)6-8-17-3/h11H,4-10,13H2,1-3H3. The Morgan fingerprint density at radius 3 is 2.12 bits per heavy atom. The molecule has 1 unspecified atom stereocenters. The molecule has 0 aliphatic rings. The predicted molar refractivity (Wildman–Crippen MR) is 67.8 cm³/mol. The highest BCUT2D eigenvalue weighted by molar-refractivity contribution is 5.76. The van der Waals surface area contributed by atoms with Gasteiger partial charge in [-0.25, -0.2) is 0 Å². The molecule has 102 valence electrons. The fraction of sp³-hybridized carbons (Fsp3) is 0.917. The third kappa shape index (κ3) is 7.31. The molecule has 0 bridgehead atoms. The first-order valence-electron chi connectivity index (χ1n) is 6.15. The lowest BCUT2D eigenvalue weighted by Crippen LogP contribution is -2.38. The molecule has 0 heterocycles. The van der Waals surface area contributed by atoms with Crippen molar-refractivity contribution in [2.75, 3.05) is 47.1 Å². The number of carbonyl (C=O) groups is 1. The number of carbonyl (C=O) groups excluding carboxylic acids is 1. The van der Waals surface area contributed by atoms with Gasteiger partial charge in [-0.1, -0.05) is 13.3 Å². The maximum Gasteiger partial charge on any atom is 0.223 e. The fourth-order valence-electron chi connectivity index (χ4n) is 1.53. The Kier molecular flexibility index (Phi) is 10.1. The minimum absolute atomic E-state index is 0.136. The van der Waals surface area contributed by atoms with Crippen molar-refractivity contribution in [2.45, 2.75) is 19.8 Å². The third-order valence-corrected chi connectivity index (χ3v) is 2.86. The number of rotatable bonds is 10. The lowest BCUT2D eigenvalue weighted by Gasteiger charge is -2.24. The highest BCUT2D eigenvalue weighted by atomic mass is 16.5. The van der Waals surface area contributed by atoms with Gasteiger partial charge in [0.2, 0.25) is 5.91 Å². The molecule has 0 saturated heterocycles. The molecule has 5 nitrogen and oxygen atoms in total. The zero-order valence-electron chi connectivity index (χ0n) is 11.3. The lowest BCUT2D eigenvalue weighted by atomic mass is 10.0. The van der Waals surface area contributed by atoms with Crippen LogP contribution in [0.5, 0.6) is 0 Å². The topological polar surface area (TPSA) is 64.8 Å². The van der Waals surface area contributed by atoms with E-state index in [-0.39, 0.29) is 11.8 Å². The molecule has 1 atom stereocenters. The van der Waals surface area contributed by atoms with Crippen LogP contribution in [0, 0.1) is 5.92 Å². The lowest BCUT2D eigenvalue weighted by molar-refractivity contribution is -0.133. The highest BCUT2D eigenvalue weighted by Crippen LogP contribution is 2.08. The number of amides is 1. The number of ether oxygens (including phenoxy) is 2. The summed E-state index contributed by atoms with van der Waals surface area (Å²) in [6.45, 7) is 4.94. The van der Waals surface area contributed by atoms with Crippen molar-refractivity contribution < 1.29 is 14.3 Å². The molecule has 1 amide bonds.